The third-order valence-electron chi connectivity index (χ3n) is 4.13. The molecule has 1 N–H and O–H groups in total. The van der Waals surface area contributed by atoms with Crippen LogP contribution in [0.2, 0.25) is 0 Å². The van der Waals surface area contributed by atoms with E-state index in [4.69, 9.17) is 14.2 Å². The summed E-state index contributed by atoms with van der Waals surface area (Å²) < 4.78 is 16.2. The highest BCUT2D eigenvalue weighted by Gasteiger charge is 2.10. The molecule has 0 fully saturated rings. The van der Waals surface area contributed by atoms with Crippen LogP contribution in [-0.2, 0) is 17.6 Å². The van der Waals surface area contributed by atoms with E-state index in [1.807, 2.05) is 48.5 Å². The molecule has 7 nitrogen and oxygen atoms in total. The normalized spacial score (nSPS) is 10.4. The second-order valence-corrected chi connectivity index (χ2v) is 7.21. The van der Waals surface area contributed by atoms with Gasteiger partial charge in [0, 0.05) is 12.8 Å². The number of benzene rings is 2. The maximum atomic E-state index is 12.2. The van der Waals surface area contributed by atoms with E-state index in [1.165, 1.54) is 11.3 Å². The van der Waals surface area contributed by atoms with E-state index in [0.29, 0.717) is 42.5 Å². The Bertz CT molecular complexity index is 931. The number of rotatable bonds is 10. The molecule has 0 aliphatic rings. The van der Waals surface area contributed by atoms with Crippen LogP contribution in [0.1, 0.15) is 17.0 Å². The zero-order valence-corrected chi connectivity index (χ0v) is 17.2. The molecule has 8 heteroatoms. The second-order valence-electron chi connectivity index (χ2n) is 6.15. The molecule has 1 aromatic heterocycles. The number of amides is 1. The molecule has 29 heavy (non-hydrogen) atoms. The van der Waals surface area contributed by atoms with Crippen molar-refractivity contribution in [2.45, 2.75) is 19.3 Å². The van der Waals surface area contributed by atoms with Crippen LogP contribution < -0.4 is 19.5 Å². The summed E-state index contributed by atoms with van der Waals surface area (Å²) in [6.45, 7) is 0.506. The van der Waals surface area contributed by atoms with Crippen LogP contribution in [0, 0.1) is 0 Å². The number of ether oxygens (including phenoxy) is 3. The van der Waals surface area contributed by atoms with E-state index in [1.54, 1.807) is 14.2 Å². The third kappa shape index (κ3) is 6.18. The minimum absolute atomic E-state index is 0.108. The molecule has 0 aliphatic heterocycles. The number of carbonyl (C=O) groups excluding carboxylic acids is 1. The number of methoxy groups -OCH3 is 2. The Kier molecular flexibility index (Phi) is 7.40. The molecule has 0 atom stereocenters. The van der Waals surface area contributed by atoms with Gasteiger partial charge in [-0.3, -0.25) is 4.79 Å². The number of nitrogens with zero attached hydrogens (tertiary/aromatic N) is 2. The summed E-state index contributed by atoms with van der Waals surface area (Å²) in [4.78, 5) is 12.2. The fraction of sp³-hybridized carbons (Fsp3) is 0.286. The monoisotopic (exact) mass is 413 g/mol. The van der Waals surface area contributed by atoms with E-state index in [9.17, 15) is 4.79 Å². The van der Waals surface area contributed by atoms with Gasteiger partial charge in [0.05, 0.1) is 20.8 Å². The average molecular weight is 413 g/mol. The van der Waals surface area contributed by atoms with Crippen molar-refractivity contribution in [1.82, 2.24) is 10.2 Å². The molecule has 0 saturated carbocycles. The summed E-state index contributed by atoms with van der Waals surface area (Å²) in [6.07, 6.45) is 1.55. The molecule has 0 saturated heterocycles. The number of hydrogen-bond acceptors (Lipinski definition) is 7. The molecular formula is C21H23N3O4S. The first-order valence-electron chi connectivity index (χ1n) is 9.19. The summed E-state index contributed by atoms with van der Waals surface area (Å²) in [5.74, 6) is 2.03. The van der Waals surface area contributed by atoms with Crippen molar-refractivity contribution in [2.75, 3.05) is 26.1 Å². The highest BCUT2D eigenvalue weighted by Crippen LogP contribution is 2.28. The molecule has 0 unspecified atom stereocenters. The first-order chi connectivity index (χ1) is 14.2. The van der Waals surface area contributed by atoms with Gasteiger partial charge in [-0.05, 0) is 36.2 Å². The van der Waals surface area contributed by atoms with Gasteiger partial charge in [0.1, 0.15) is 10.8 Å². The van der Waals surface area contributed by atoms with E-state index in [0.717, 1.165) is 16.3 Å². The van der Waals surface area contributed by atoms with Crippen LogP contribution in [0.15, 0.2) is 48.5 Å². The lowest BCUT2D eigenvalue weighted by Crippen LogP contribution is -2.12. The zero-order chi connectivity index (χ0) is 20.5. The van der Waals surface area contributed by atoms with E-state index in [-0.39, 0.29) is 5.91 Å². The summed E-state index contributed by atoms with van der Waals surface area (Å²) in [5, 5.41) is 12.2. The average Bonchev–Trinajstić information content (AvgIpc) is 3.19. The quantitative estimate of drug-likeness (QED) is 0.545. The highest BCUT2D eigenvalue weighted by molar-refractivity contribution is 7.15. The Morgan fingerprint density at radius 1 is 1.00 bits per heavy atom. The number of aromatic nitrogens is 2. The van der Waals surface area contributed by atoms with Gasteiger partial charge < -0.3 is 19.5 Å². The van der Waals surface area contributed by atoms with Crippen molar-refractivity contribution >= 4 is 22.4 Å². The van der Waals surface area contributed by atoms with Crippen LogP contribution in [0.4, 0.5) is 5.13 Å². The van der Waals surface area contributed by atoms with Gasteiger partial charge >= 0.3 is 0 Å². The van der Waals surface area contributed by atoms with Crippen LogP contribution in [0.3, 0.4) is 0 Å². The number of para-hydroxylation sites is 1. The van der Waals surface area contributed by atoms with E-state index < -0.39 is 0 Å². The lowest BCUT2D eigenvalue weighted by molar-refractivity contribution is -0.116. The molecule has 0 bridgehead atoms. The Balaban J connectivity index is 1.44. The molecule has 3 rings (SSSR count). The molecule has 1 heterocycles. The van der Waals surface area contributed by atoms with Gasteiger partial charge in [-0.1, -0.05) is 35.6 Å². The molecular weight excluding hydrogens is 390 g/mol. The SMILES string of the molecule is COc1ccc(CCC(=O)Nc2nnc(CCOc3ccccc3)s2)cc1OC. The fourth-order valence-corrected chi connectivity index (χ4v) is 3.39. The van der Waals surface area contributed by atoms with Gasteiger partial charge in [0.15, 0.2) is 11.5 Å². The summed E-state index contributed by atoms with van der Waals surface area (Å²) in [5.41, 5.74) is 0.994. The summed E-state index contributed by atoms with van der Waals surface area (Å²) in [7, 11) is 3.18. The predicted octanol–water partition coefficient (Wildman–Crippen LogP) is 3.75. The van der Waals surface area contributed by atoms with E-state index in [2.05, 4.69) is 15.5 Å². The topological polar surface area (TPSA) is 82.6 Å². The Morgan fingerprint density at radius 2 is 1.79 bits per heavy atom. The van der Waals surface area contributed by atoms with Crippen molar-refractivity contribution < 1.29 is 19.0 Å². The highest BCUT2D eigenvalue weighted by atomic mass is 32.1. The minimum atomic E-state index is -0.108. The molecule has 0 radical (unpaired) electrons. The van der Waals surface area contributed by atoms with Gasteiger partial charge in [-0.15, -0.1) is 10.2 Å². The zero-order valence-electron chi connectivity index (χ0n) is 16.4. The van der Waals surface area contributed by atoms with Crippen LogP contribution in [-0.4, -0.2) is 36.9 Å². The second kappa shape index (κ2) is 10.4. The first kappa shape index (κ1) is 20.6. The third-order valence-corrected chi connectivity index (χ3v) is 5.03. The standard InChI is InChI=1S/C21H23N3O4S/c1-26-17-10-8-15(14-18(17)27-2)9-11-19(25)22-21-24-23-20(29-21)12-13-28-16-6-4-3-5-7-16/h3-8,10,14H,9,11-13H2,1-2H3,(H,22,24,25). The number of anilines is 1. The van der Waals surface area contributed by atoms with Crippen molar-refractivity contribution in [3.63, 3.8) is 0 Å². The summed E-state index contributed by atoms with van der Waals surface area (Å²) >= 11 is 1.36. The van der Waals surface area contributed by atoms with Crippen molar-refractivity contribution in [3.8, 4) is 17.2 Å². The van der Waals surface area contributed by atoms with Gasteiger partial charge in [0.25, 0.3) is 0 Å². The van der Waals surface area contributed by atoms with E-state index >= 15 is 0 Å². The lowest BCUT2D eigenvalue weighted by atomic mass is 10.1. The molecule has 0 spiro atoms. The Labute approximate surface area is 173 Å². The van der Waals surface area contributed by atoms with Gasteiger partial charge in [0.2, 0.25) is 11.0 Å². The number of hydrogen-bond donors (Lipinski definition) is 1. The smallest absolute Gasteiger partial charge is 0.226 e. The number of nitrogens with one attached hydrogen (secondary N) is 1. The maximum Gasteiger partial charge on any atom is 0.226 e. The largest absolute Gasteiger partial charge is 0.493 e. The van der Waals surface area contributed by atoms with Crippen LogP contribution in [0.25, 0.3) is 0 Å². The molecule has 1 amide bonds. The summed E-state index contributed by atoms with van der Waals surface area (Å²) in [6, 6.07) is 15.2. The molecule has 3 aromatic rings. The first-order valence-corrected chi connectivity index (χ1v) is 10.0. The minimum Gasteiger partial charge on any atom is -0.493 e. The van der Waals surface area contributed by atoms with Gasteiger partial charge in [-0.2, -0.15) is 0 Å². The molecule has 0 aliphatic carbocycles. The van der Waals surface area contributed by atoms with Crippen LogP contribution in [0.5, 0.6) is 17.2 Å². The molecule has 2 aromatic carbocycles. The Hall–Kier alpha value is -3.13. The lowest BCUT2D eigenvalue weighted by Gasteiger charge is -2.09. The maximum absolute atomic E-state index is 12.2. The predicted molar refractivity (Wildman–Crippen MR) is 112 cm³/mol. The van der Waals surface area contributed by atoms with Crippen molar-refractivity contribution in [1.29, 1.82) is 0 Å². The number of aryl methyl sites for hydroxylation is 1. The molecule has 152 valence electrons. The van der Waals surface area contributed by atoms with Crippen molar-refractivity contribution in [2.24, 2.45) is 0 Å². The van der Waals surface area contributed by atoms with Crippen LogP contribution >= 0.6 is 11.3 Å². The Morgan fingerprint density at radius 3 is 2.55 bits per heavy atom. The fourth-order valence-electron chi connectivity index (χ4n) is 2.65. The number of carbonyl (C=O) groups is 1. The van der Waals surface area contributed by atoms with Gasteiger partial charge in [-0.25, -0.2) is 0 Å². The van der Waals surface area contributed by atoms with Crippen molar-refractivity contribution in [3.05, 3.63) is 59.1 Å².